The highest BCUT2D eigenvalue weighted by Crippen LogP contribution is 2.21. The molecule has 0 radical (unpaired) electrons. The monoisotopic (exact) mass is 259 g/mol. The van der Waals surface area contributed by atoms with Crippen LogP contribution < -0.4 is 0 Å². The van der Waals surface area contributed by atoms with E-state index in [9.17, 15) is 4.79 Å². The molecule has 0 amide bonds. The molecule has 1 unspecified atom stereocenters. The summed E-state index contributed by atoms with van der Waals surface area (Å²) < 4.78 is 6.91. The Morgan fingerprint density at radius 3 is 2.68 bits per heavy atom. The molecule has 2 aromatic rings. The number of para-hydroxylation sites is 1. The minimum Gasteiger partial charge on any atom is -0.465 e. The molecular weight excluding hydrogens is 242 g/mol. The van der Waals surface area contributed by atoms with E-state index in [2.05, 4.69) is 10.2 Å². The Balaban J connectivity index is 2.35. The fraction of sp³-hybridized carbons (Fsp3) is 0.357. The molecule has 0 N–H and O–H groups in total. The molecule has 0 aliphatic heterocycles. The Morgan fingerprint density at radius 2 is 2.05 bits per heavy atom. The number of rotatable bonds is 5. The van der Waals surface area contributed by atoms with Crippen molar-refractivity contribution in [2.24, 2.45) is 0 Å². The number of esters is 1. The van der Waals surface area contributed by atoms with Gasteiger partial charge in [-0.3, -0.25) is 9.36 Å². The van der Waals surface area contributed by atoms with Crippen molar-refractivity contribution in [1.82, 2.24) is 14.8 Å². The van der Waals surface area contributed by atoms with Gasteiger partial charge in [0.1, 0.15) is 12.2 Å². The molecule has 100 valence electrons. The molecule has 0 saturated heterocycles. The van der Waals surface area contributed by atoms with Crippen molar-refractivity contribution in [3.8, 4) is 5.69 Å². The average molecular weight is 259 g/mol. The molecule has 0 aliphatic carbocycles. The molecule has 5 heteroatoms. The Labute approximate surface area is 112 Å². The van der Waals surface area contributed by atoms with Crippen LogP contribution in [0.15, 0.2) is 36.7 Å². The number of carbonyl (C=O) groups is 1. The van der Waals surface area contributed by atoms with Gasteiger partial charge < -0.3 is 4.74 Å². The van der Waals surface area contributed by atoms with E-state index in [4.69, 9.17) is 4.74 Å². The normalized spacial score (nSPS) is 12.1. The number of ether oxygens (including phenoxy) is 1. The smallest absolute Gasteiger partial charge is 0.316 e. The summed E-state index contributed by atoms with van der Waals surface area (Å²) in [5, 5.41) is 7.99. The van der Waals surface area contributed by atoms with E-state index >= 15 is 0 Å². The highest BCUT2D eigenvalue weighted by molar-refractivity contribution is 5.77. The first-order valence-electron chi connectivity index (χ1n) is 6.39. The first-order chi connectivity index (χ1) is 9.27. The zero-order chi connectivity index (χ0) is 13.7. The van der Waals surface area contributed by atoms with E-state index in [1.165, 1.54) is 0 Å². The molecule has 1 aromatic carbocycles. The summed E-state index contributed by atoms with van der Waals surface area (Å²) in [6.45, 7) is 4.10. The molecular formula is C14H17N3O2. The van der Waals surface area contributed by atoms with Gasteiger partial charge in [0.05, 0.1) is 6.61 Å². The summed E-state index contributed by atoms with van der Waals surface area (Å²) in [6, 6.07) is 9.71. The summed E-state index contributed by atoms with van der Waals surface area (Å²) in [5.74, 6) is -0.0232. The maximum absolute atomic E-state index is 12.0. The van der Waals surface area contributed by atoms with Gasteiger partial charge >= 0.3 is 5.97 Å². The van der Waals surface area contributed by atoms with Crippen LogP contribution in [-0.4, -0.2) is 27.3 Å². The van der Waals surface area contributed by atoms with Gasteiger partial charge in [-0.2, -0.15) is 0 Å². The van der Waals surface area contributed by atoms with Crippen molar-refractivity contribution in [2.45, 2.75) is 26.2 Å². The molecule has 0 bridgehead atoms. The third-order valence-corrected chi connectivity index (χ3v) is 2.90. The van der Waals surface area contributed by atoms with Crippen LogP contribution in [0.3, 0.4) is 0 Å². The maximum Gasteiger partial charge on any atom is 0.316 e. The Bertz CT molecular complexity index is 537. The van der Waals surface area contributed by atoms with E-state index in [1.54, 1.807) is 13.3 Å². The largest absolute Gasteiger partial charge is 0.465 e. The van der Waals surface area contributed by atoms with Gasteiger partial charge in [0.2, 0.25) is 0 Å². The SMILES string of the molecule is CCOC(=O)C(CC)c1nncn1-c1ccccc1. The van der Waals surface area contributed by atoms with Crippen LogP contribution in [0, 0.1) is 0 Å². The molecule has 1 atom stereocenters. The molecule has 5 nitrogen and oxygen atoms in total. The summed E-state index contributed by atoms with van der Waals surface area (Å²) in [6.07, 6.45) is 2.25. The second-order valence-corrected chi connectivity index (χ2v) is 4.11. The Hall–Kier alpha value is -2.17. The predicted octanol–water partition coefficient (Wildman–Crippen LogP) is 2.32. The predicted molar refractivity (Wildman–Crippen MR) is 71.0 cm³/mol. The number of aromatic nitrogens is 3. The molecule has 1 heterocycles. The van der Waals surface area contributed by atoms with Crippen LogP contribution in [-0.2, 0) is 9.53 Å². The van der Waals surface area contributed by atoms with Gasteiger partial charge in [0.15, 0.2) is 5.82 Å². The lowest BCUT2D eigenvalue weighted by molar-refractivity contribution is -0.145. The number of benzene rings is 1. The van der Waals surface area contributed by atoms with E-state index in [0.717, 1.165) is 5.69 Å². The first-order valence-corrected chi connectivity index (χ1v) is 6.39. The lowest BCUT2D eigenvalue weighted by Crippen LogP contribution is -2.19. The van der Waals surface area contributed by atoms with Crippen LogP contribution in [0.1, 0.15) is 32.0 Å². The van der Waals surface area contributed by atoms with Crippen LogP contribution in [0.4, 0.5) is 0 Å². The minimum absolute atomic E-state index is 0.254. The van der Waals surface area contributed by atoms with Crippen LogP contribution >= 0.6 is 0 Å². The molecule has 19 heavy (non-hydrogen) atoms. The van der Waals surface area contributed by atoms with Crippen LogP contribution in [0.2, 0.25) is 0 Å². The summed E-state index contributed by atoms with van der Waals surface area (Å²) in [4.78, 5) is 12.0. The van der Waals surface area contributed by atoms with Crippen LogP contribution in [0.5, 0.6) is 0 Å². The van der Waals surface area contributed by atoms with Crippen molar-refractivity contribution in [2.75, 3.05) is 6.61 Å². The lowest BCUT2D eigenvalue weighted by Gasteiger charge is -2.14. The number of hydrogen-bond donors (Lipinski definition) is 0. The molecule has 0 saturated carbocycles. The summed E-state index contributed by atoms with van der Waals surface area (Å²) >= 11 is 0. The summed E-state index contributed by atoms with van der Waals surface area (Å²) in [5.41, 5.74) is 0.935. The second-order valence-electron chi connectivity index (χ2n) is 4.11. The third kappa shape index (κ3) is 2.81. The summed E-state index contributed by atoms with van der Waals surface area (Å²) in [7, 11) is 0. The fourth-order valence-electron chi connectivity index (χ4n) is 1.97. The standard InChI is InChI=1S/C14H17N3O2/c1-3-12(14(18)19-4-2)13-16-15-10-17(13)11-8-6-5-7-9-11/h5-10,12H,3-4H2,1-2H3. The number of carbonyl (C=O) groups excluding carboxylic acids is 1. The molecule has 2 rings (SSSR count). The number of nitrogens with zero attached hydrogens (tertiary/aromatic N) is 3. The second kappa shape index (κ2) is 6.13. The third-order valence-electron chi connectivity index (χ3n) is 2.90. The Kier molecular flexibility index (Phi) is 4.28. The van der Waals surface area contributed by atoms with E-state index in [-0.39, 0.29) is 11.9 Å². The highest BCUT2D eigenvalue weighted by Gasteiger charge is 2.25. The van der Waals surface area contributed by atoms with Crippen molar-refractivity contribution >= 4 is 5.97 Å². The molecule has 0 fully saturated rings. The maximum atomic E-state index is 12.0. The van der Waals surface area contributed by atoms with Crippen molar-refractivity contribution < 1.29 is 9.53 Å². The quantitative estimate of drug-likeness (QED) is 0.773. The first kappa shape index (κ1) is 13.3. The lowest BCUT2D eigenvalue weighted by atomic mass is 10.1. The van der Waals surface area contributed by atoms with Gasteiger partial charge in [-0.1, -0.05) is 25.1 Å². The van der Waals surface area contributed by atoms with Gasteiger partial charge in [0, 0.05) is 5.69 Å². The van der Waals surface area contributed by atoms with Gasteiger partial charge in [0.25, 0.3) is 0 Å². The zero-order valence-electron chi connectivity index (χ0n) is 11.1. The average Bonchev–Trinajstić information content (AvgIpc) is 2.90. The van der Waals surface area contributed by atoms with E-state index in [1.807, 2.05) is 41.8 Å². The zero-order valence-corrected chi connectivity index (χ0v) is 11.1. The number of hydrogen-bond acceptors (Lipinski definition) is 4. The molecule has 1 aromatic heterocycles. The molecule has 0 spiro atoms. The highest BCUT2D eigenvalue weighted by atomic mass is 16.5. The van der Waals surface area contributed by atoms with Crippen molar-refractivity contribution in [1.29, 1.82) is 0 Å². The molecule has 0 aliphatic rings. The minimum atomic E-state index is -0.386. The fourth-order valence-corrected chi connectivity index (χ4v) is 1.97. The van der Waals surface area contributed by atoms with Crippen LogP contribution in [0.25, 0.3) is 5.69 Å². The Morgan fingerprint density at radius 1 is 1.32 bits per heavy atom. The van der Waals surface area contributed by atoms with Crippen molar-refractivity contribution in [3.05, 3.63) is 42.5 Å². The van der Waals surface area contributed by atoms with E-state index < -0.39 is 0 Å². The van der Waals surface area contributed by atoms with Gasteiger partial charge in [-0.05, 0) is 25.5 Å². The van der Waals surface area contributed by atoms with Crippen molar-refractivity contribution in [3.63, 3.8) is 0 Å². The van der Waals surface area contributed by atoms with E-state index in [0.29, 0.717) is 18.9 Å². The van der Waals surface area contributed by atoms with Gasteiger partial charge in [-0.25, -0.2) is 0 Å². The van der Waals surface area contributed by atoms with Gasteiger partial charge in [-0.15, -0.1) is 10.2 Å². The topological polar surface area (TPSA) is 57.0 Å².